The molecular weight excluding hydrogens is 398 g/mol. The molecule has 26 heavy (non-hydrogen) atoms. The average molecular weight is 415 g/mol. The van der Waals surface area contributed by atoms with Crippen molar-refractivity contribution in [1.29, 1.82) is 0 Å². The quantitative estimate of drug-likeness (QED) is 0.640. The summed E-state index contributed by atoms with van der Waals surface area (Å²) in [6.45, 7) is 0. The van der Waals surface area contributed by atoms with Crippen LogP contribution in [0, 0.1) is 5.82 Å². The van der Waals surface area contributed by atoms with Crippen molar-refractivity contribution in [2.75, 3.05) is 12.4 Å². The van der Waals surface area contributed by atoms with Crippen molar-refractivity contribution in [2.24, 2.45) is 0 Å². The number of aromatic nitrogens is 1. The number of methoxy groups -OCH3 is 1. The van der Waals surface area contributed by atoms with Crippen molar-refractivity contribution in [3.05, 3.63) is 45.8 Å². The molecule has 0 spiro atoms. The Morgan fingerprint density at radius 2 is 1.96 bits per heavy atom. The lowest BCUT2D eigenvalue weighted by Gasteiger charge is -2.18. The molecule has 0 bridgehead atoms. The fraction of sp³-hybridized carbons (Fsp3) is 0.333. The molecule has 1 aromatic carbocycles. The van der Waals surface area contributed by atoms with Crippen LogP contribution in [0.4, 0.5) is 10.2 Å². The van der Waals surface area contributed by atoms with Crippen LogP contribution >= 0.6 is 35.4 Å². The first-order valence-corrected chi connectivity index (χ1v) is 9.31. The van der Waals surface area contributed by atoms with Gasteiger partial charge >= 0.3 is 0 Å². The zero-order valence-corrected chi connectivity index (χ0v) is 16.3. The molecular formula is C18H17Cl2FN2O2S. The van der Waals surface area contributed by atoms with E-state index in [1.165, 1.54) is 25.4 Å². The van der Waals surface area contributed by atoms with Crippen molar-refractivity contribution in [1.82, 2.24) is 4.98 Å². The van der Waals surface area contributed by atoms with Crippen molar-refractivity contribution in [2.45, 2.75) is 31.8 Å². The second-order valence-electron chi connectivity index (χ2n) is 5.95. The van der Waals surface area contributed by atoms with Crippen LogP contribution in [0.25, 0.3) is 0 Å². The molecule has 8 heteroatoms. The highest BCUT2D eigenvalue weighted by Crippen LogP contribution is 2.34. The Balaban J connectivity index is 1.86. The first kappa shape index (κ1) is 19.1. The minimum absolute atomic E-state index is 0.108. The molecule has 1 fully saturated rings. The van der Waals surface area contributed by atoms with Crippen LogP contribution in [-0.2, 0) is 0 Å². The smallest absolute Gasteiger partial charge is 0.163 e. The summed E-state index contributed by atoms with van der Waals surface area (Å²) in [6, 6.07) is 4.34. The molecule has 0 aliphatic heterocycles. The van der Waals surface area contributed by atoms with Crippen LogP contribution in [-0.4, -0.2) is 23.2 Å². The second-order valence-corrected chi connectivity index (χ2v) is 7.20. The monoisotopic (exact) mass is 414 g/mol. The summed E-state index contributed by atoms with van der Waals surface area (Å²) in [7, 11) is 1.48. The fourth-order valence-electron chi connectivity index (χ4n) is 2.83. The van der Waals surface area contributed by atoms with E-state index in [9.17, 15) is 4.39 Å². The molecule has 1 aliphatic rings. The van der Waals surface area contributed by atoms with E-state index in [0.717, 1.165) is 25.7 Å². The van der Waals surface area contributed by atoms with Crippen molar-refractivity contribution < 1.29 is 13.9 Å². The van der Waals surface area contributed by atoms with Crippen molar-refractivity contribution in [3.63, 3.8) is 0 Å². The normalized spacial score (nSPS) is 14.3. The molecule has 0 saturated heterocycles. The summed E-state index contributed by atoms with van der Waals surface area (Å²) in [6.07, 6.45) is 5.74. The van der Waals surface area contributed by atoms with Gasteiger partial charge in [-0.2, -0.15) is 0 Å². The number of rotatable bonds is 5. The Labute approximate surface area is 166 Å². The molecule has 0 amide bonds. The zero-order chi connectivity index (χ0) is 18.7. The highest BCUT2D eigenvalue weighted by atomic mass is 35.5. The maximum Gasteiger partial charge on any atom is 0.163 e. The van der Waals surface area contributed by atoms with E-state index in [1.807, 2.05) is 0 Å². The molecule has 2 aromatic rings. The van der Waals surface area contributed by atoms with Crippen LogP contribution in [0.5, 0.6) is 11.5 Å². The molecule has 138 valence electrons. The molecule has 3 rings (SSSR count). The first-order chi connectivity index (χ1) is 12.5. The van der Waals surface area contributed by atoms with Gasteiger partial charge in [0.2, 0.25) is 0 Å². The van der Waals surface area contributed by atoms with Gasteiger partial charge in [0.1, 0.15) is 16.6 Å². The number of ether oxygens (including phenoxy) is 2. The van der Waals surface area contributed by atoms with Crippen LogP contribution < -0.4 is 14.8 Å². The van der Waals surface area contributed by atoms with Gasteiger partial charge in [-0.05, 0) is 37.8 Å². The van der Waals surface area contributed by atoms with Gasteiger partial charge in [0, 0.05) is 17.8 Å². The zero-order valence-electron chi connectivity index (χ0n) is 14.0. The summed E-state index contributed by atoms with van der Waals surface area (Å²) < 4.78 is 25.8. The molecule has 1 heterocycles. The summed E-state index contributed by atoms with van der Waals surface area (Å²) in [4.78, 5) is 4.21. The largest absolute Gasteiger partial charge is 0.493 e. The molecule has 1 aliphatic carbocycles. The minimum Gasteiger partial charge on any atom is -0.493 e. The number of halogens is 3. The lowest BCUT2D eigenvalue weighted by atomic mass is 10.1. The minimum atomic E-state index is -0.525. The number of nitrogens with zero attached hydrogens (tertiary/aromatic N) is 1. The number of nitrogens with one attached hydrogen (secondary N) is 1. The standard InChI is InChI=1S/C18H17Cl2FN2O2S/c1-24-15-8-14(21)12(7-16(15)25-11-4-2-3-5-11)18(26)23-17-13(20)6-10(19)9-22-17/h6-9,11H,2-5H2,1H3,(H,22,23,26). The van der Waals surface area contributed by atoms with Crippen molar-refractivity contribution in [3.8, 4) is 11.5 Å². The molecule has 1 aromatic heterocycles. The molecule has 4 nitrogen and oxygen atoms in total. The van der Waals surface area contributed by atoms with Gasteiger partial charge in [-0.15, -0.1) is 0 Å². The van der Waals surface area contributed by atoms with Gasteiger partial charge in [0.15, 0.2) is 11.5 Å². The number of pyridine rings is 1. The van der Waals surface area contributed by atoms with Crippen LogP contribution in [0.2, 0.25) is 10.0 Å². The highest BCUT2D eigenvalue weighted by molar-refractivity contribution is 7.81. The van der Waals surface area contributed by atoms with Gasteiger partial charge < -0.3 is 14.8 Å². The topological polar surface area (TPSA) is 43.4 Å². The third-order valence-corrected chi connectivity index (χ3v) is 4.95. The van der Waals surface area contributed by atoms with E-state index in [-0.39, 0.29) is 21.7 Å². The molecule has 1 saturated carbocycles. The summed E-state index contributed by atoms with van der Waals surface area (Å²) in [5.74, 6) is 0.580. The maximum atomic E-state index is 14.5. The third kappa shape index (κ3) is 4.37. The Morgan fingerprint density at radius 3 is 2.62 bits per heavy atom. The van der Waals surface area contributed by atoms with Gasteiger partial charge in [0.25, 0.3) is 0 Å². The van der Waals surface area contributed by atoms with Gasteiger partial charge in [-0.1, -0.05) is 35.4 Å². The number of anilines is 1. The maximum absolute atomic E-state index is 14.5. The molecule has 1 N–H and O–H groups in total. The Kier molecular flexibility index (Phi) is 6.16. The first-order valence-electron chi connectivity index (χ1n) is 8.14. The summed E-state index contributed by atoms with van der Waals surface area (Å²) >= 11 is 17.2. The Morgan fingerprint density at radius 1 is 1.23 bits per heavy atom. The van der Waals surface area contributed by atoms with E-state index >= 15 is 0 Å². The summed E-state index contributed by atoms with van der Waals surface area (Å²) in [5.41, 5.74) is 0.182. The number of thiocarbonyl (C=S) groups is 1. The van der Waals surface area contributed by atoms with Crippen LogP contribution in [0.3, 0.4) is 0 Å². The average Bonchev–Trinajstić information content (AvgIpc) is 3.11. The number of benzene rings is 1. The van der Waals surface area contributed by atoms with Crippen LogP contribution in [0.15, 0.2) is 24.4 Å². The predicted molar refractivity (Wildman–Crippen MR) is 105 cm³/mol. The third-order valence-electron chi connectivity index (χ3n) is 4.13. The Bertz CT molecular complexity index is 829. The van der Waals surface area contributed by atoms with E-state index < -0.39 is 5.82 Å². The van der Waals surface area contributed by atoms with Gasteiger partial charge in [-0.3, -0.25) is 0 Å². The predicted octanol–water partition coefficient (Wildman–Crippen LogP) is 5.65. The highest BCUT2D eigenvalue weighted by Gasteiger charge is 2.21. The van der Waals surface area contributed by atoms with Crippen molar-refractivity contribution >= 4 is 46.2 Å². The van der Waals surface area contributed by atoms with Gasteiger partial charge in [-0.25, -0.2) is 9.37 Å². The molecule has 0 atom stereocenters. The van der Waals surface area contributed by atoms with E-state index in [1.54, 1.807) is 6.07 Å². The number of hydrogen-bond acceptors (Lipinski definition) is 4. The fourth-order valence-corrected chi connectivity index (χ4v) is 3.51. The molecule has 0 unspecified atom stereocenters. The lowest BCUT2D eigenvalue weighted by Crippen LogP contribution is -2.16. The summed E-state index contributed by atoms with van der Waals surface area (Å²) in [5, 5.41) is 3.53. The lowest BCUT2D eigenvalue weighted by molar-refractivity contribution is 0.200. The number of hydrogen-bond donors (Lipinski definition) is 1. The van der Waals surface area contributed by atoms with E-state index in [0.29, 0.717) is 22.3 Å². The van der Waals surface area contributed by atoms with Crippen LogP contribution in [0.1, 0.15) is 31.2 Å². The Hall–Kier alpha value is -1.63. The second kappa shape index (κ2) is 8.37. The molecule has 0 radical (unpaired) electrons. The van der Waals surface area contributed by atoms with E-state index in [4.69, 9.17) is 44.9 Å². The SMILES string of the molecule is COc1cc(F)c(C(=S)Nc2ncc(Cl)cc2Cl)cc1OC1CCCC1. The van der Waals surface area contributed by atoms with E-state index in [2.05, 4.69) is 10.3 Å². The van der Waals surface area contributed by atoms with Gasteiger partial charge in [0.05, 0.1) is 23.3 Å².